The second-order valence-electron chi connectivity index (χ2n) is 7.79. The van der Waals surface area contributed by atoms with E-state index in [1.807, 2.05) is 24.3 Å². The van der Waals surface area contributed by atoms with Crippen LogP contribution < -0.4 is 10.6 Å². The van der Waals surface area contributed by atoms with Crippen molar-refractivity contribution in [2.75, 3.05) is 19.6 Å². The molecule has 1 saturated carbocycles. The van der Waals surface area contributed by atoms with E-state index in [-0.39, 0.29) is 11.3 Å². The van der Waals surface area contributed by atoms with Crippen molar-refractivity contribution in [3.8, 4) is 0 Å². The van der Waals surface area contributed by atoms with E-state index in [0.717, 1.165) is 42.0 Å². The Balaban J connectivity index is 1.22. The zero-order valence-electron chi connectivity index (χ0n) is 15.9. The van der Waals surface area contributed by atoms with Crippen LogP contribution >= 0.6 is 0 Å². The molecule has 2 amide bonds. The Hall–Kier alpha value is -2.12. The van der Waals surface area contributed by atoms with Crippen LogP contribution in [0.4, 0.5) is 4.79 Å². The van der Waals surface area contributed by atoms with Crippen LogP contribution in [0.15, 0.2) is 42.5 Å². The van der Waals surface area contributed by atoms with Gasteiger partial charge in [0.1, 0.15) is 0 Å². The molecule has 1 heterocycles. The van der Waals surface area contributed by atoms with Gasteiger partial charge in [-0.1, -0.05) is 42.5 Å². The van der Waals surface area contributed by atoms with Crippen molar-refractivity contribution in [3.63, 3.8) is 0 Å². The van der Waals surface area contributed by atoms with Gasteiger partial charge in [0.25, 0.3) is 0 Å². The molecule has 28 heavy (non-hydrogen) atoms. The maximum atomic E-state index is 12.3. The van der Waals surface area contributed by atoms with Gasteiger partial charge in [0.15, 0.2) is 0 Å². The van der Waals surface area contributed by atoms with E-state index < -0.39 is 10.0 Å². The Morgan fingerprint density at radius 2 is 1.68 bits per heavy atom. The van der Waals surface area contributed by atoms with Crippen molar-refractivity contribution >= 4 is 26.8 Å². The molecular formula is C21H27N3O3S. The van der Waals surface area contributed by atoms with Gasteiger partial charge in [-0.25, -0.2) is 17.5 Å². The van der Waals surface area contributed by atoms with E-state index in [2.05, 4.69) is 28.8 Å². The Kier molecular flexibility index (Phi) is 5.55. The van der Waals surface area contributed by atoms with Crippen molar-refractivity contribution in [1.29, 1.82) is 0 Å². The smallest absolute Gasteiger partial charge is 0.315 e. The molecule has 1 aliphatic carbocycles. The fourth-order valence-electron chi connectivity index (χ4n) is 3.87. The first-order valence-corrected chi connectivity index (χ1v) is 11.5. The van der Waals surface area contributed by atoms with Gasteiger partial charge in [0, 0.05) is 26.2 Å². The van der Waals surface area contributed by atoms with Crippen LogP contribution in [0.5, 0.6) is 0 Å². The van der Waals surface area contributed by atoms with Gasteiger partial charge in [-0.3, -0.25) is 0 Å². The molecule has 7 heteroatoms. The maximum absolute atomic E-state index is 12.3. The summed E-state index contributed by atoms with van der Waals surface area (Å²) >= 11 is 0. The van der Waals surface area contributed by atoms with Crippen molar-refractivity contribution in [1.82, 2.24) is 14.9 Å². The number of nitrogens with one attached hydrogen (secondary N) is 2. The topological polar surface area (TPSA) is 78.5 Å². The number of carbonyl (C=O) groups is 1. The highest BCUT2D eigenvalue weighted by Crippen LogP contribution is 2.33. The Labute approximate surface area is 166 Å². The van der Waals surface area contributed by atoms with Crippen LogP contribution in [0.3, 0.4) is 0 Å². The highest BCUT2D eigenvalue weighted by atomic mass is 32.2. The fraction of sp³-hybridized carbons (Fsp3) is 0.476. The average molecular weight is 402 g/mol. The Morgan fingerprint density at radius 3 is 2.43 bits per heavy atom. The van der Waals surface area contributed by atoms with Crippen LogP contribution in [0.25, 0.3) is 10.8 Å². The number of benzene rings is 2. The molecule has 1 saturated heterocycles. The molecule has 0 spiro atoms. The zero-order chi connectivity index (χ0) is 19.6. The Bertz CT molecular complexity index is 943. The van der Waals surface area contributed by atoms with Crippen LogP contribution in [0, 0.1) is 5.92 Å². The molecule has 0 atom stereocenters. The van der Waals surface area contributed by atoms with Crippen molar-refractivity contribution < 1.29 is 13.2 Å². The van der Waals surface area contributed by atoms with Crippen molar-refractivity contribution in [2.24, 2.45) is 5.92 Å². The minimum atomic E-state index is -3.07. The molecule has 6 nitrogen and oxygen atoms in total. The number of amides is 2. The maximum Gasteiger partial charge on any atom is 0.315 e. The number of rotatable bonds is 6. The number of carbonyl (C=O) groups excluding carboxylic acids is 1. The summed E-state index contributed by atoms with van der Waals surface area (Å²) < 4.78 is 26.2. The van der Waals surface area contributed by atoms with E-state index in [1.54, 1.807) is 4.31 Å². The molecule has 0 bridgehead atoms. The molecule has 0 aromatic heterocycles. The second kappa shape index (κ2) is 8.09. The first-order valence-electron chi connectivity index (χ1n) is 10.0. The van der Waals surface area contributed by atoms with Crippen molar-refractivity contribution in [2.45, 2.75) is 37.5 Å². The number of hydrogen-bond acceptors (Lipinski definition) is 3. The largest absolute Gasteiger partial charge is 0.338 e. The standard InChI is InChI=1S/C21H27N3O3S/c25-21(23-15-18-6-3-5-17-4-1-2-7-20(17)18)22-14-16-10-12-24(13-11-16)28(26,27)19-8-9-19/h1-7,16,19H,8-15H2,(H2,22,23,25). The van der Waals surface area contributed by atoms with Gasteiger partial charge in [-0.05, 0) is 47.9 Å². The van der Waals surface area contributed by atoms with E-state index >= 15 is 0 Å². The third kappa shape index (κ3) is 4.31. The van der Waals surface area contributed by atoms with Crippen LogP contribution in [-0.2, 0) is 16.6 Å². The summed E-state index contributed by atoms with van der Waals surface area (Å²) in [7, 11) is -3.07. The Morgan fingerprint density at radius 1 is 0.964 bits per heavy atom. The average Bonchev–Trinajstić information content (AvgIpc) is 3.57. The van der Waals surface area contributed by atoms with Gasteiger partial charge in [0.2, 0.25) is 10.0 Å². The molecule has 2 N–H and O–H groups in total. The highest BCUT2D eigenvalue weighted by molar-refractivity contribution is 7.90. The summed E-state index contributed by atoms with van der Waals surface area (Å²) in [4.78, 5) is 12.2. The lowest BCUT2D eigenvalue weighted by molar-refractivity contribution is 0.230. The van der Waals surface area contributed by atoms with E-state index in [1.165, 1.54) is 0 Å². The number of sulfonamides is 1. The summed E-state index contributed by atoms with van der Waals surface area (Å²) in [5.41, 5.74) is 1.09. The molecule has 4 rings (SSSR count). The highest BCUT2D eigenvalue weighted by Gasteiger charge is 2.41. The lowest BCUT2D eigenvalue weighted by Gasteiger charge is -2.31. The van der Waals surface area contributed by atoms with Crippen LogP contribution in [-0.4, -0.2) is 43.6 Å². The normalized spacial score (nSPS) is 18.9. The van der Waals surface area contributed by atoms with Crippen LogP contribution in [0.2, 0.25) is 0 Å². The fourth-order valence-corrected chi connectivity index (χ4v) is 5.74. The SMILES string of the molecule is O=C(NCc1cccc2ccccc12)NCC1CCN(S(=O)(=O)C2CC2)CC1. The van der Waals surface area contributed by atoms with Gasteiger partial charge in [0.05, 0.1) is 5.25 Å². The van der Waals surface area contributed by atoms with Crippen LogP contribution in [0.1, 0.15) is 31.2 Å². The molecule has 0 unspecified atom stereocenters. The number of hydrogen-bond donors (Lipinski definition) is 2. The monoisotopic (exact) mass is 401 g/mol. The summed E-state index contributed by atoms with van der Waals surface area (Å²) in [6.07, 6.45) is 3.21. The van der Waals surface area contributed by atoms with E-state index in [9.17, 15) is 13.2 Å². The van der Waals surface area contributed by atoms with E-state index in [0.29, 0.717) is 32.1 Å². The van der Waals surface area contributed by atoms with Gasteiger partial charge in [-0.2, -0.15) is 0 Å². The molecule has 0 radical (unpaired) electrons. The molecule has 2 aromatic carbocycles. The van der Waals surface area contributed by atoms with Gasteiger partial charge in [-0.15, -0.1) is 0 Å². The molecule has 2 fully saturated rings. The lowest BCUT2D eigenvalue weighted by atomic mass is 9.98. The number of nitrogens with zero attached hydrogens (tertiary/aromatic N) is 1. The summed E-state index contributed by atoms with van der Waals surface area (Å²) in [6.45, 7) is 2.20. The minimum absolute atomic E-state index is 0.137. The molecule has 1 aliphatic heterocycles. The summed E-state index contributed by atoms with van der Waals surface area (Å²) in [5.74, 6) is 0.328. The number of piperidine rings is 1. The minimum Gasteiger partial charge on any atom is -0.338 e. The summed E-state index contributed by atoms with van der Waals surface area (Å²) in [5, 5.41) is 8.04. The summed E-state index contributed by atoms with van der Waals surface area (Å²) in [6, 6.07) is 14.0. The predicted molar refractivity (Wildman–Crippen MR) is 110 cm³/mol. The predicted octanol–water partition coefficient (Wildman–Crippen LogP) is 2.84. The molecular weight excluding hydrogens is 374 g/mol. The number of urea groups is 1. The van der Waals surface area contributed by atoms with E-state index in [4.69, 9.17) is 0 Å². The number of fused-ring (bicyclic) bond motifs is 1. The third-order valence-electron chi connectivity index (χ3n) is 5.75. The third-order valence-corrected chi connectivity index (χ3v) is 8.15. The van der Waals surface area contributed by atoms with Gasteiger partial charge < -0.3 is 10.6 Å². The van der Waals surface area contributed by atoms with Gasteiger partial charge >= 0.3 is 6.03 Å². The first kappa shape index (κ1) is 19.2. The van der Waals surface area contributed by atoms with Crippen molar-refractivity contribution in [3.05, 3.63) is 48.0 Å². The first-order chi connectivity index (χ1) is 13.5. The lowest BCUT2D eigenvalue weighted by Crippen LogP contribution is -2.44. The second-order valence-corrected chi connectivity index (χ2v) is 10.0. The quantitative estimate of drug-likeness (QED) is 0.781. The zero-order valence-corrected chi connectivity index (χ0v) is 16.7. The molecule has 2 aliphatic rings. The molecule has 2 aromatic rings. The molecule has 150 valence electrons.